The van der Waals surface area contributed by atoms with Gasteiger partial charge in [0.1, 0.15) is 68.6 Å². The second-order valence-electron chi connectivity index (χ2n) is 34.5. The van der Waals surface area contributed by atoms with E-state index in [1.807, 2.05) is 119 Å². The number of aromatic nitrogens is 20. The molecule has 4 aliphatic heterocycles. The van der Waals surface area contributed by atoms with Gasteiger partial charge in [0.2, 0.25) is 40.2 Å². The van der Waals surface area contributed by atoms with Crippen molar-refractivity contribution in [2.75, 3.05) is 140 Å². The lowest BCUT2D eigenvalue weighted by atomic mass is 9.75. The number of anilines is 7. The van der Waals surface area contributed by atoms with Crippen molar-refractivity contribution < 1.29 is 42.0 Å². The Morgan fingerprint density at radius 2 is 0.753 bits per heavy atom. The van der Waals surface area contributed by atoms with E-state index in [1.54, 1.807) is 71.2 Å². The normalized spacial score (nSPS) is 13.4. The predicted octanol–water partition coefficient (Wildman–Crippen LogP) is 19.5. The second kappa shape index (κ2) is 54.5. The summed E-state index contributed by atoms with van der Waals surface area (Å²) in [5.74, 6) is 5.11. The van der Waals surface area contributed by atoms with Crippen molar-refractivity contribution in [2.24, 2.45) is 5.73 Å². The first-order chi connectivity index (χ1) is 71.2. The molecule has 10 aromatic heterocycles. The molecule has 792 valence electrons. The van der Waals surface area contributed by atoms with Crippen LogP contribution in [0.4, 0.5) is 58.7 Å². The number of nitrogens with one attached hydrogen (secondary N) is 5. The fraction of sp³-hybridized carbons (Fsp3) is 0.323. The van der Waals surface area contributed by atoms with Gasteiger partial charge in [-0.15, -0.1) is 24.8 Å². The molecular formula is C99H108BBr3Cl8F4N30O5. The smallest absolute Gasteiger partial charge is 0.423 e. The van der Waals surface area contributed by atoms with Crippen molar-refractivity contribution in [1.29, 1.82) is 0 Å². The molecule has 150 heavy (non-hydrogen) atoms. The quantitative estimate of drug-likeness (QED) is 0.00736. The van der Waals surface area contributed by atoms with Crippen molar-refractivity contribution in [3.63, 3.8) is 0 Å². The van der Waals surface area contributed by atoms with Gasteiger partial charge in [0.25, 0.3) is 0 Å². The first kappa shape index (κ1) is 117. The van der Waals surface area contributed by atoms with E-state index in [4.69, 9.17) is 95.4 Å². The summed E-state index contributed by atoms with van der Waals surface area (Å²) in [6.45, 7) is 34.7. The van der Waals surface area contributed by atoms with Gasteiger partial charge in [0.15, 0.2) is 23.3 Å². The number of piperazine rings is 2. The van der Waals surface area contributed by atoms with E-state index in [2.05, 4.69) is 164 Å². The number of hydrogen-bond acceptors (Lipinski definition) is 27. The van der Waals surface area contributed by atoms with Gasteiger partial charge in [0.05, 0.1) is 56.9 Å². The highest BCUT2D eigenvalue weighted by Gasteiger charge is 2.32. The maximum absolute atomic E-state index is 16.6. The zero-order chi connectivity index (χ0) is 106. The molecule has 16 aromatic rings. The van der Waals surface area contributed by atoms with E-state index >= 15 is 8.78 Å². The maximum atomic E-state index is 16.6. The SMILES string of the molecule is C=CC(=O)Cl.C=CC(=O)N1CCN(c2nc(NCCn3ccnc3C)nc3c(F)c(-c4c(C)ccc5[nH]ncc45)c(Cl)cc23)CC1.C=CC(=O)N1CCN(c2nc(NCCn3ccnc3C)nc3c(F)c(Br)c(Cl)cc23)CC1.Cc1ccc2[nH]ncc2c1B(O)O.Cc1nccn1CCN.Cc1nccn1CCNc1nc(N2CCCCC2)c2cc(Cl)c(Br)c(F)c2n1.Cl.Cl.Fc1c(Br)c(Cl)cc2c(N3CCCCC3)nc(Cl)nc12. The third-order valence-electron chi connectivity index (χ3n) is 25.1. The molecule has 4 saturated heterocycles. The minimum absolute atomic E-state index is 0. The van der Waals surface area contributed by atoms with Gasteiger partial charge in [-0.2, -0.15) is 30.1 Å². The van der Waals surface area contributed by atoms with Crippen LogP contribution in [-0.4, -0.2) is 247 Å². The van der Waals surface area contributed by atoms with Crippen LogP contribution in [0.3, 0.4) is 0 Å². The monoisotopic (exact) mass is 2400 g/mol. The number of nitrogens with zero attached hydrogens (tertiary/aromatic N) is 24. The van der Waals surface area contributed by atoms with Crippen LogP contribution in [0.2, 0.25) is 25.4 Å². The van der Waals surface area contributed by atoms with E-state index in [-0.39, 0.29) is 93.0 Å². The summed E-state index contributed by atoms with van der Waals surface area (Å²) >= 11 is 45.5. The van der Waals surface area contributed by atoms with Crippen LogP contribution in [-0.2, 0) is 40.6 Å². The summed E-state index contributed by atoms with van der Waals surface area (Å²) in [4.78, 5) is 98.1. The number of carbonyl (C=O) groups is 3. The molecule has 2 amide bonds. The molecule has 0 saturated carbocycles. The van der Waals surface area contributed by atoms with Gasteiger partial charge >= 0.3 is 7.12 Å². The Morgan fingerprint density at radius 3 is 1.10 bits per heavy atom. The summed E-state index contributed by atoms with van der Waals surface area (Å²) in [7, 11) is -1.44. The van der Waals surface area contributed by atoms with Gasteiger partial charge in [-0.1, -0.05) is 83.8 Å². The number of imidazole rings is 4. The molecule has 0 radical (unpaired) electrons. The van der Waals surface area contributed by atoms with E-state index < -0.39 is 35.6 Å². The fourth-order valence-corrected chi connectivity index (χ4v) is 19.2. The molecule has 0 unspecified atom stereocenters. The highest BCUT2D eigenvalue weighted by molar-refractivity contribution is 9.11. The molecule has 4 aliphatic rings. The Bertz CT molecular complexity index is 7510. The number of H-pyrrole nitrogens is 2. The van der Waals surface area contributed by atoms with Crippen molar-refractivity contribution in [1.82, 2.24) is 108 Å². The lowest BCUT2D eigenvalue weighted by Gasteiger charge is -2.35. The molecule has 0 atom stereocenters. The molecule has 35 nitrogen and oxygen atoms in total. The molecule has 6 aromatic carbocycles. The van der Waals surface area contributed by atoms with Crippen molar-refractivity contribution in [3.8, 4) is 11.1 Å². The molecule has 9 N–H and O–H groups in total. The number of aromatic amines is 2. The fourth-order valence-electron chi connectivity index (χ4n) is 17.3. The van der Waals surface area contributed by atoms with E-state index in [0.717, 1.165) is 133 Å². The third kappa shape index (κ3) is 28.2. The number of fused-ring (bicyclic) bond motifs is 6. The molecule has 20 rings (SSSR count). The van der Waals surface area contributed by atoms with Gasteiger partial charge in [-0.25, -0.2) is 57.4 Å². The van der Waals surface area contributed by atoms with Gasteiger partial charge in [0, 0.05) is 224 Å². The molecule has 14 heterocycles. The zero-order valence-electron chi connectivity index (χ0n) is 82.4. The summed E-state index contributed by atoms with van der Waals surface area (Å²) in [5, 5.41) is 46.1. The van der Waals surface area contributed by atoms with E-state index in [9.17, 15) is 23.2 Å². The summed E-state index contributed by atoms with van der Waals surface area (Å²) in [6.07, 6.45) is 28.4. The number of carbonyl (C=O) groups excluding carboxylic acids is 3. The molecule has 0 aliphatic carbocycles. The Labute approximate surface area is 929 Å². The number of aryl methyl sites for hydroxylation is 6. The average Bonchev–Trinajstić information content (AvgIpc) is 1.29. The minimum atomic E-state index is -1.44. The number of allylic oxidation sites excluding steroid dienone is 1. The minimum Gasteiger partial charge on any atom is -0.423 e. The molecular weight excluding hydrogens is 2300 g/mol. The molecule has 4 fully saturated rings. The Morgan fingerprint density at radius 1 is 0.427 bits per heavy atom. The maximum Gasteiger partial charge on any atom is 0.489 e. The topological polar surface area (TPSA) is 405 Å². The Kier molecular flexibility index (Phi) is 42.5. The summed E-state index contributed by atoms with van der Waals surface area (Å²) in [6, 6.07) is 14.4. The van der Waals surface area contributed by atoms with Crippen molar-refractivity contribution in [2.45, 2.75) is 106 Å². The number of nitrogens with two attached hydrogens (primary N) is 1. The summed E-state index contributed by atoms with van der Waals surface area (Å²) < 4.78 is 69.6. The predicted molar refractivity (Wildman–Crippen MR) is 605 cm³/mol. The van der Waals surface area contributed by atoms with Gasteiger partial charge in [-0.05, 0) is 217 Å². The van der Waals surface area contributed by atoms with E-state index in [1.165, 1.54) is 25.0 Å². The standard InChI is InChI=1S/C29H29ClFN9O.C21H22BrClFN7O.C19H21BrClFN6.C13H11BrCl2FN3.C8H9BN2O2.C6H11N3.C3H3ClO.2ClH/c1-4-23(41)39-11-13-40(14-12-39)28-19-15-21(30)25(24-17(2)5-6-22-20(24)16-34-37-22)26(31)27(19)35-29(36-28)33-8-10-38-9-7-32-18(38)3;1-3-16(32)30-8-10-31(11-9-30)20-14-12-15(23)17(22)18(24)19(14)27-21(28-20)26-5-7-29-6-4-25-13(29)2;1-12-23-5-9-27(12)10-6-24-19-25-17-13(11-14(21)15(20)16(17)22)18(26-19)28-7-3-2-4-8-28;14-9-8(15)6-7-11(10(9)17)18-13(16)19-12(7)20-4-2-1-3-5-20;1-5-2-3-7-6(4-10-11-7)8(5)9(12)13;1-6-8-3-5-9(6)4-2-7;1-2-3(4)5;;/h4-7,9,15-16H,1,8,10-14H2,2-3H3,(H,34,37)(H,33,35,36);3-4,6,12H,1,5,7-11H2,2H3,(H,26,27,28);5,9,11H,2-4,6-8,10H2,1H3,(H,24,25,26);6H,1-5H2;2-4,12-13H,1H3,(H,10,11);3,5H,2,4,7H2,1H3;2H,1H2;2*1H. The number of amides is 2. The average molecular weight is 2410 g/mol. The highest BCUT2D eigenvalue weighted by Crippen LogP contribution is 2.45. The van der Waals surface area contributed by atoms with Crippen LogP contribution in [0.1, 0.15) is 72.9 Å². The van der Waals surface area contributed by atoms with Crippen LogP contribution in [0.15, 0.2) is 162 Å². The van der Waals surface area contributed by atoms with E-state index in [0.29, 0.717) is 170 Å². The van der Waals surface area contributed by atoms with Crippen LogP contribution < -0.4 is 46.7 Å². The number of piperidine rings is 2. The lowest BCUT2D eigenvalue weighted by Crippen LogP contribution is -2.48. The largest absolute Gasteiger partial charge is 0.489 e. The van der Waals surface area contributed by atoms with Crippen LogP contribution >= 0.6 is 142 Å². The Hall–Kier alpha value is -11.7. The zero-order valence-corrected chi connectivity index (χ0v) is 93.3. The highest BCUT2D eigenvalue weighted by atomic mass is 79.9. The van der Waals surface area contributed by atoms with Crippen LogP contribution in [0.5, 0.6) is 0 Å². The first-order valence-corrected chi connectivity index (χ1v) is 51.9. The number of halogens is 15. The van der Waals surface area contributed by atoms with Crippen molar-refractivity contribution >= 4 is 278 Å². The number of rotatable bonds is 23. The molecule has 51 heteroatoms. The van der Waals surface area contributed by atoms with Gasteiger partial charge < -0.3 is 79.4 Å². The Balaban J connectivity index is 0.000000165. The first-order valence-electron chi connectivity index (χ1n) is 47.3. The molecule has 0 bridgehead atoms. The lowest BCUT2D eigenvalue weighted by molar-refractivity contribution is -0.127. The van der Waals surface area contributed by atoms with Gasteiger partial charge in [-0.3, -0.25) is 24.6 Å². The number of benzene rings is 6. The van der Waals surface area contributed by atoms with Crippen LogP contribution in [0.25, 0.3) is 76.5 Å². The number of hydrogen-bond donors (Lipinski definition) is 8. The van der Waals surface area contributed by atoms with Crippen LogP contribution in [0, 0.1) is 64.8 Å². The van der Waals surface area contributed by atoms with Crippen molar-refractivity contribution in [3.05, 3.63) is 245 Å². The molecule has 0 spiro atoms. The third-order valence-corrected chi connectivity index (χ3v) is 29.6. The summed E-state index contributed by atoms with van der Waals surface area (Å²) in [5.41, 5.74) is 10.9. The second-order valence-corrected chi connectivity index (χ2v) is 39.2.